The average molecular weight is 396 g/mol. The molecule has 0 aromatic heterocycles. The molecule has 0 spiro atoms. The van der Waals surface area contributed by atoms with Gasteiger partial charge in [0.1, 0.15) is 0 Å². The molecule has 2 fully saturated rings. The second-order valence-corrected chi connectivity index (χ2v) is 6.77. The molecule has 2 aliphatic rings. The zero-order valence-electron chi connectivity index (χ0n) is 21.1. The van der Waals surface area contributed by atoms with Crippen LogP contribution in [-0.4, -0.2) is 29.5 Å². The van der Waals surface area contributed by atoms with Crippen LogP contribution in [0.4, 0.5) is 8.78 Å². The molecule has 0 N–H and O–H groups in total. The molecular weight excluding hydrogens is 340 g/mol. The summed E-state index contributed by atoms with van der Waals surface area (Å²) in [6, 6.07) is 0. The summed E-state index contributed by atoms with van der Waals surface area (Å²) in [7, 11) is 0. The van der Waals surface area contributed by atoms with Gasteiger partial charge in [0.15, 0.2) is 0 Å². The summed E-state index contributed by atoms with van der Waals surface area (Å²) >= 11 is 0. The molecule has 0 amide bonds. The summed E-state index contributed by atoms with van der Waals surface area (Å²) < 4.78 is 25.7. The van der Waals surface area contributed by atoms with Crippen molar-refractivity contribution in [3.8, 4) is 0 Å². The Labute approximate surface area is 172 Å². The number of nitrogens with zero attached hydrogens (tertiary/aromatic N) is 1. The first-order chi connectivity index (χ1) is 12.8. The highest BCUT2D eigenvalue weighted by molar-refractivity contribution is 4.96. The van der Waals surface area contributed by atoms with Gasteiger partial charge in [-0.25, -0.2) is 8.78 Å². The van der Waals surface area contributed by atoms with Crippen LogP contribution in [0.3, 0.4) is 0 Å². The van der Waals surface area contributed by atoms with Crippen LogP contribution in [0.5, 0.6) is 0 Å². The van der Waals surface area contributed by atoms with Gasteiger partial charge in [-0.3, -0.25) is 4.90 Å². The first kappa shape index (κ1) is 34.3. The molecule has 2 rings (SSSR count). The molecule has 3 heteroatoms. The van der Waals surface area contributed by atoms with Crippen molar-refractivity contribution in [1.29, 1.82) is 0 Å². The van der Waals surface area contributed by atoms with Gasteiger partial charge in [0.25, 0.3) is 5.92 Å². The Hall–Kier alpha value is -0.180. The van der Waals surface area contributed by atoms with Gasteiger partial charge in [-0.1, -0.05) is 108 Å². The first-order valence-electron chi connectivity index (χ1n) is 11.9. The van der Waals surface area contributed by atoms with Gasteiger partial charge in [-0.15, -0.1) is 0 Å². The van der Waals surface area contributed by atoms with Crippen LogP contribution < -0.4 is 0 Å². The summed E-state index contributed by atoms with van der Waals surface area (Å²) in [5.41, 5.74) is -0.321. The van der Waals surface area contributed by atoms with E-state index in [0.717, 1.165) is 5.92 Å². The molecule has 0 unspecified atom stereocenters. The van der Waals surface area contributed by atoms with E-state index in [0.29, 0.717) is 6.54 Å². The van der Waals surface area contributed by atoms with Gasteiger partial charge in [-0.2, -0.15) is 0 Å². The zero-order chi connectivity index (χ0) is 22.5. The maximum Gasteiger partial charge on any atom is 0.262 e. The second-order valence-electron chi connectivity index (χ2n) is 6.77. The Morgan fingerprint density at radius 3 is 1.37 bits per heavy atom. The van der Waals surface area contributed by atoms with E-state index in [4.69, 9.17) is 0 Å². The molecule has 1 heterocycles. The van der Waals surface area contributed by atoms with E-state index >= 15 is 0 Å². The van der Waals surface area contributed by atoms with Crippen molar-refractivity contribution in [3.05, 3.63) is 0 Å². The van der Waals surface area contributed by atoms with Crippen LogP contribution in [0.15, 0.2) is 0 Å². The zero-order valence-corrected chi connectivity index (χ0v) is 21.1. The van der Waals surface area contributed by atoms with E-state index in [-0.39, 0.29) is 18.5 Å². The lowest BCUT2D eigenvalue weighted by molar-refractivity contribution is 0.0119. The molecule has 170 valence electrons. The van der Waals surface area contributed by atoms with Gasteiger partial charge in [0, 0.05) is 12.0 Å². The second kappa shape index (κ2) is 22.1. The smallest absolute Gasteiger partial charge is 0.262 e. The summed E-state index contributed by atoms with van der Waals surface area (Å²) in [6.07, 6.45) is 8.92. The number of hydrogen-bond donors (Lipinski definition) is 0. The van der Waals surface area contributed by atoms with E-state index in [9.17, 15) is 8.78 Å². The Balaban J connectivity index is -0.000000146. The molecule has 1 nitrogen and oxygen atoms in total. The fourth-order valence-corrected chi connectivity index (χ4v) is 3.43. The van der Waals surface area contributed by atoms with E-state index in [2.05, 4.69) is 6.92 Å². The number of likely N-dealkylation sites (tertiary alicyclic amines) is 1. The highest BCUT2D eigenvalue weighted by Crippen LogP contribution is 2.38. The highest BCUT2D eigenvalue weighted by atomic mass is 19.3. The van der Waals surface area contributed by atoms with Gasteiger partial charge in [0.05, 0.1) is 6.54 Å². The summed E-state index contributed by atoms with van der Waals surface area (Å²) in [4.78, 5) is 1.83. The molecule has 1 aliphatic heterocycles. The Kier molecular flexibility index (Phi) is 28.1. The fraction of sp³-hybridized carbons (Fsp3) is 1.00. The van der Waals surface area contributed by atoms with Gasteiger partial charge >= 0.3 is 0 Å². The topological polar surface area (TPSA) is 3.24 Å². The largest absolute Gasteiger partial charge is 0.292 e. The van der Waals surface area contributed by atoms with Gasteiger partial charge < -0.3 is 0 Å². The molecule has 1 aliphatic carbocycles. The van der Waals surface area contributed by atoms with E-state index in [1.54, 1.807) is 0 Å². The lowest BCUT2D eigenvalue weighted by Crippen LogP contribution is -2.37. The van der Waals surface area contributed by atoms with Crippen LogP contribution in [0.2, 0.25) is 0 Å². The Morgan fingerprint density at radius 1 is 0.778 bits per heavy atom. The van der Waals surface area contributed by atoms with Gasteiger partial charge in [-0.05, 0) is 26.3 Å². The van der Waals surface area contributed by atoms with Crippen molar-refractivity contribution in [2.75, 3.05) is 13.1 Å². The highest BCUT2D eigenvalue weighted by Gasteiger charge is 2.48. The maximum absolute atomic E-state index is 12.8. The molecular formula is C24H55F2N. The normalized spacial score (nSPS) is 19.8. The summed E-state index contributed by atoms with van der Waals surface area (Å²) in [6.45, 7) is 24.6. The molecule has 0 aromatic carbocycles. The minimum Gasteiger partial charge on any atom is -0.292 e. The third kappa shape index (κ3) is 17.6. The van der Waals surface area contributed by atoms with Crippen LogP contribution in [0.1, 0.15) is 128 Å². The number of alkyl halides is 2. The maximum atomic E-state index is 12.8. The van der Waals surface area contributed by atoms with Crippen molar-refractivity contribution >= 4 is 0 Å². The number of rotatable bonds is 2. The monoisotopic (exact) mass is 395 g/mol. The Bertz CT molecular complexity index is 259. The molecule has 0 atom stereocenters. The molecule has 1 saturated carbocycles. The SMILES string of the molecule is CC.CC.CC.CC.CCC1CCCCC1.CCN1CC(F)(F)CC1(C)C. The Morgan fingerprint density at radius 2 is 1.19 bits per heavy atom. The van der Waals surface area contributed by atoms with Crippen LogP contribution >= 0.6 is 0 Å². The lowest BCUT2D eigenvalue weighted by Gasteiger charge is -2.28. The predicted octanol–water partition coefficient (Wildman–Crippen LogP) is 9.21. The van der Waals surface area contributed by atoms with Crippen LogP contribution in [0, 0.1) is 5.92 Å². The van der Waals surface area contributed by atoms with E-state index in [1.807, 2.05) is 81.1 Å². The minimum atomic E-state index is -2.47. The molecule has 0 bridgehead atoms. The van der Waals surface area contributed by atoms with Crippen molar-refractivity contribution in [2.24, 2.45) is 5.92 Å². The van der Waals surface area contributed by atoms with Gasteiger partial charge in [0.2, 0.25) is 0 Å². The molecule has 1 saturated heterocycles. The number of hydrogen-bond acceptors (Lipinski definition) is 1. The van der Waals surface area contributed by atoms with E-state index in [1.165, 1.54) is 38.5 Å². The third-order valence-electron chi connectivity index (χ3n) is 4.65. The summed E-state index contributed by atoms with van der Waals surface area (Å²) in [5, 5.41) is 0. The molecule has 27 heavy (non-hydrogen) atoms. The van der Waals surface area contributed by atoms with E-state index < -0.39 is 5.92 Å². The first-order valence-corrected chi connectivity index (χ1v) is 11.9. The third-order valence-corrected chi connectivity index (χ3v) is 4.65. The van der Waals surface area contributed by atoms with Crippen LogP contribution in [0.25, 0.3) is 0 Å². The minimum absolute atomic E-state index is 0.00611. The fourth-order valence-electron chi connectivity index (χ4n) is 3.43. The van der Waals surface area contributed by atoms with Crippen LogP contribution in [-0.2, 0) is 0 Å². The number of halogens is 2. The van der Waals surface area contributed by atoms with Crippen molar-refractivity contribution in [3.63, 3.8) is 0 Å². The summed E-state index contributed by atoms with van der Waals surface area (Å²) in [5.74, 6) is -1.39. The molecule has 0 radical (unpaired) electrons. The molecule has 0 aromatic rings. The predicted molar refractivity (Wildman–Crippen MR) is 123 cm³/mol. The lowest BCUT2D eigenvalue weighted by atomic mass is 9.88. The standard InChI is InChI=1S/C8H15F2N.C8H16.4C2H6/c1-4-11-6-8(9,10)5-7(11,2)3;1-2-8-6-4-3-5-7-8;4*1-2/h4-6H2,1-3H3;8H,2-7H2,1H3;4*1-2H3. The average Bonchev–Trinajstić information content (AvgIpc) is 2.95. The van der Waals surface area contributed by atoms with Crippen molar-refractivity contribution < 1.29 is 8.78 Å². The van der Waals surface area contributed by atoms with Crippen molar-refractivity contribution in [1.82, 2.24) is 4.90 Å². The quantitative estimate of drug-likeness (QED) is 0.450. The van der Waals surface area contributed by atoms with Crippen molar-refractivity contribution in [2.45, 2.75) is 139 Å².